The first-order chi connectivity index (χ1) is 16.2. The van der Waals surface area contributed by atoms with Crippen LogP contribution in [-0.4, -0.2) is 40.4 Å². The Hall–Kier alpha value is -4.49. The molecular formula is C23H17N7O3. The summed E-state index contributed by atoms with van der Waals surface area (Å²) < 4.78 is 10.3. The fourth-order valence-electron chi connectivity index (χ4n) is 4.40. The molecule has 1 N–H and O–H groups in total. The molecule has 3 aromatic heterocycles. The van der Waals surface area contributed by atoms with Crippen LogP contribution >= 0.6 is 0 Å². The highest BCUT2D eigenvalue weighted by molar-refractivity contribution is 5.81. The van der Waals surface area contributed by atoms with Gasteiger partial charge in [0.2, 0.25) is 5.95 Å². The van der Waals surface area contributed by atoms with Gasteiger partial charge in [0.05, 0.1) is 36.5 Å². The zero-order valence-corrected chi connectivity index (χ0v) is 17.3. The number of para-hydroxylation sites is 1. The predicted octanol–water partition coefficient (Wildman–Crippen LogP) is 2.80. The van der Waals surface area contributed by atoms with Crippen LogP contribution in [0, 0.1) is 6.57 Å². The molecule has 0 saturated heterocycles. The van der Waals surface area contributed by atoms with Crippen LogP contribution in [0.25, 0.3) is 33.0 Å². The maximum atomic E-state index is 13.3. The Bertz CT molecular complexity index is 1640. The van der Waals surface area contributed by atoms with Gasteiger partial charge in [0.25, 0.3) is 0 Å². The van der Waals surface area contributed by atoms with Crippen molar-refractivity contribution < 1.29 is 9.84 Å². The van der Waals surface area contributed by atoms with Crippen LogP contribution < -0.4 is 10.4 Å². The molecule has 0 fully saturated rings. The largest absolute Gasteiger partial charge is 0.493 e. The van der Waals surface area contributed by atoms with Crippen molar-refractivity contribution in [3.8, 4) is 11.7 Å². The third-order valence-corrected chi connectivity index (χ3v) is 5.95. The molecule has 10 nitrogen and oxygen atoms in total. The average Bonchev–Trinajstić information content (AvgIpc) is 3.40. The normalized spacial score (nSPS) is 15.3. The van der Waals surface area contributed by atoms with Crippen molar-refractivity contribution in [2.45, 2.75) is 19.2 Å². The highest BCUT2D eigenvalue weighted by atomic mass is 16.5. The number of aliphatic hydroxyl groups excluding tert-OH is 1. The maximum Gasteiger partial charge on any atom is 0.332 e. The topological polar surface area (TPSA) is 104 Å². The number of hydrogen-bond acceptors (Lipinski definition) is 6. The molecule has 0 saturated carbocycles. The Morgan fingerprint density at radius 3 is 2.91 bits per heavy atom. The van der Waals surface area contributed by atoms with Crippen molar-refractivity contribution in [3.63, 3.8) is 0 Å². The lowest BCUT2D eigenvalue weighted by Gasteiger charge is -2.26. The number of aliphatic hydroxyl groups is 1. The molecule has 0 radical (unpaired) electrons. The van der Waals surface area contributed by atoms with E-state index in [1.54, 1.807) is 33.7 Å². The Balaban J connectivity index is 1.60. The molecule has 0 unspecified atom stereocenters. The molecule has 1 aliphatic heterocycles. The van der Waals surface area contributed by atoms with Crippen LogP contribution in [0.5, 0.6) is 5.75 Å². The number of benzene rings is 2. The lowest BCUT2D eigenvalue weighted by atomic mass is 10.0. The van der Waals surface area contributed by atoms with E-state index in [4.69, 9.17) is 16.3 Å². The first-order valence-corrected chi connectivity index (χ1v) is 10.3. The molecule has 0 spiro atoms. The van der Waals surface area contributed by atoms with E-state index in [1.807, 2.05) is 24.3 Å². The molecule has 1 atom stereocenters. The number of rotatable bonds is 3. The molecule has 0 amide bonds. The van der Waals surface area contributed by atoms with Crippen LogP contribution in [0.2, 0.25) is 0 Å². The van der Waals surface area contributed by atoms with E-state index in [0.717, 1.165) is 11.3 Å². The van der Waals surface area contributed by atoms with Gasteiger partial charge in [-0.25, -0.2) is 19.6 Å². The van der Waals surface area contributed by atoms with Gasteiger partial charge in [0, 0.05) is 12.0 Å². The van der Waals surface area contributed by atoms with E-state index in [-0.39, 0.29) is 11.7 Å². The second kappa shape index (κ2) is 7.29. The summed E-state index contributed by atoms with van der Waals surface area (Å²) in [4.78, 5) is 30.4. The third kappa shape index (κ3) is 2.83. The summed E-state index contributed by atoms with van der Waals surface area (Å²) in [5, 5.41) is 9.90. The van der Waals surface area contributed by atoms with Crippen LogP contribution in [0.1, 0.15) is 18.0 Å². The summed E-state index contributed by atoms with van der Waals surface area (Å²) in [5.41, 5.74) is 3.23. The summed E-state index contributed by atoms with van der Waals surface area (Å²) in [7, 11) is 0. The molecule has 0 bridgehead atoms. The van der Waals surface area contributed by atoms with Crippen molar-refractivity contribution in [1.29, 1.82) is 0 Å². The van der Waals surface area contributed by atoms with Crippen LogP contribution in [0.3, 0.4) is 0 Å². The van der Waals surface area contributed by atoms with Crippen LogP contribution in [0.15, 0.2) is 59.8 Å². The van der Waals surface area contributed by atoms with E-state index < -0.39 is 6.73 Å². The van der Waals surface area contributed by atoms with Gasteiger partial charge >= 0.3 is 5.69 Å². The van der Waals surface area contributed by atoms with Gasteiger partial charge in [0.1, 0.15) is 24.3 Å². The monoisotopic (exact) mass is 439 g/mol. The van der Waals surface area contributed by atoms with Gasteiger partial charge in [-0.2, -0.15) is 4.98 Å². The van der Waals surface area contributed by atoms with E-state index in [0.29, 0.717) is 46.9 Å². The first kappa shape index (κ1) is 19.2. The molecule has 1 aliphatic rings. The molecule has 6 rings (SSSR count). The lowest BCUT2D eigenvalue weighted by molar-refractivity contribution is 0.207. The first-order valence-electron chi connectivity index (χ1n) is 10.3. The Morgan fingerprint density at radius 2 is 2.06 bits per heavy atom. The van der Waals surface area contributed by atoms with E-state index in [9.17, 15) is 9.90 Å². The maximum absolute atomic E-state index is 13.3. The van der Waals surface area contributed by atoms with Crippen molar-refractivity contribution in [2.75, 3.05) is 6.61 Å². The molecule has 162 valence electrons. The van der Waals surface area contributed by atoms with E-state index in [1.165, 1.54) is 10.8 Å². The minimum absolute atomic E-state index is 0.297. The zero-order chi connectivity index (χ0) is 22.5. The average molecular weight is 439 g/mol. The Morgan fingerprint density at radius 1 is 1.18 bits per heavy atom. The summed E-state index contributed by atoms with van der Waals surface area (Å²) in [6.45, 7) is 7.27. The van der Waals surface area contributed by atoms with Gasteiger partial charge in [0.15, 0.2) is 11.3 Å². The highest BCUT2D eigenvalue weighted by Crippen LogP contribution is 2.35. The summed E-state index contributed by atoms with van der Waals surface area (Å²) >= 11 is 0. The second-order valence-corrected chi connectivity index (χ2v) is 7.69. The van der Waals surface area contributed by atoms with Gasteiger partial charge in [-0.3, -0.25) is 13.7 Å². The Kier molecular flexibility index (Phi) is 4.24. The number of hydrogen-bond donors (Lipinski definition) is 1. The molecule has 10 heteroatoms. The number of fused-ring (bicyclic) bond motifs is 3. The molecule has 33 heavy (non-hydrogen) atoms. The molecule has 2 aromatic carbocycles. The standard InChI is InChI=1S/C23H17N7O3/c1-24-14-6-7-16-18(10-14)28(12-26-16)22-25-11-19-21(27-22)30(23(32)29(19)13-31)17-8-9-33-20-5-3-2-4-15(17)20/h2-7,10-12,17,31H,8-9,13H2/t17-/m1/s1. The van der Waals surface area contributed by atoms with Crippen molar-refractivity contribution in [2.24, 2.45) is 0 Å². The summed E-state index contributed by atoms with van der Waals surface area (Å²) in [5.74, 6) is 1.04. The zero-order valence-electron chi connectivity index (χ0n) is 17.3. The fraction of sp³-hybridized carbons (Fsp3) is 0.174. The molecule has 4 heterocycles. The molecule has 0 aliphatic carbocycles. The Labute approximate surface area is 186 Å². The minimum Gasteiger partial charge on any atom is -0.493 e. The number of ether oxygens (including phenoxy) is 1. The van der Waals surface area contributed by atoms with Crippen LogP contribution in [-0.2, 0) is 6.73 Å². The highest BCUT2D eigenvalue weighted by Gasteiger charge is 2.28. The summed E-state index contributed by atoms with van der Waals surface area (Å²) in [6.07, 6.45) is 3.71. The number of nitrogens with zero attached hydrogens (tertiary/aromatic N) is 7. The number of aromatic nitrogens is 6. The van der Waals surface area contributed by atoms with E-state index in [2.05, 4.69) is 14.8 Å². The smallest absolute Gasteiger partial charge is 0.332 e. The third-order valence-electron chi connectivity index (χ3n) is 5.95. The predicted molar refractivity (Wildman–Crippen MR) is 120 cm³/mol. The molecular weight excluding hydrogens is 422 g/mol. The lowest BCUT2D eigenvalue weighted by Crippen LogP contribution is -2.31. The summed E-state index contributed by atoms with van der Waals surface area (Å²) in [6, 6.07) is 12.5. The van der Waals surface area contributed by atoms with E-state index >= 15 is 0 Å². The minimum atomic E-state index is -0.488. The van der Waals surface area contributed by atoms with Gasteiger partial charge in [-0.05, 0) is 18.2 Å². The van der Waals surface area contributed by atoms with Crippen molar-refractivity contribution in [3.05, 3.63) is 82.5 Å². The SMILES string of the molecule is [C-]#[N+]c1ccc2ncn(-c3ncc4c(n3)n([C@@H]3CCOc5ccccc53)c(=O)n4CO)c2c1. The number of imidazole rings is 2. The van der Waals surface area contributed by atoms with Gasteiger partial charge in [-0.1, -0.05) is 24.3 Å². The van der Waals surface area contributed by atoms with Gasteiger partial charge in [-0.15, -0.1) is 0 Å². The van der Waals surface area contributed by atoms with Gasteiger partial charge < -0.3 is 9.84 Å². The second-order valence-electron chi connectivity index (χ2n) is 7.69. The van der Waals surface area contributed by atoms with Crippen molar-refractivity contribution >= 4 is 27.9 Å². The molecule has 5 aromatic rings. The quantitative estimate of drug-likeness (QED) is 0.434. The fourth-order valence-corrected chi connectivity index (χ4v) is 4.40. The van der Waals surface area contributed by atoms with Crippen LogP contribution in [0.4, 0.5) is 5.69 Å². The van der Waals surface area contributed by atoms with Crippen molar-refractivity contribution in [1.82, 2.24) is 28.7 Å².